The number of methoxy groups -OCH3 is 1. The van der Waals surface area contributed by atoms with Gasteiger partial charge in [-0.2, -0.15) is 0 Å². The van der Waals surface area contributed by atoms with Crippen molar-refractivity contribution < 1.29 is 19.0 Å². The molecule has 1 unspecified atom stereocenters. The minimum absolute atomic E-state index is 0.194. The zero-order valence-corrected chi connectivity index (χ0v) is 10.9. The van der Waals surface area contributed by atoms with Crippen molar-refractivity contribution >= 4 is 5.97 Å². The first kappa shape index (κ1) is 13.1. The maximum atomic E-state index is 11.4. The molecule has 1 aromatic rings. The van der Waals surface area contributed by atoms with E-state index in [0.717, 1.165) is 5.56 Å². The molecule has 0 radical (unpaired) electrons. The summed E-state index contributed by atoms with van der Waals surface area (Å²) < 4.78 is 16.3. The van der Waals surface area contributed by atoms with Gasteiger partial charge in [-0.15, -0.1) is 0 Å². The number of carbonyl (C=O) groups excluding carboxylic acids is 1. The predicted octanol–water partition coefficient (Wildman–Crippen LogP) is 2.44. The molecule has 1 heterocycles. The van der Waals surface area contributed by atoms with Crippen molar-refractivity contribution in [2.24, 2.45) is 0 Å². The Morgan fingerprint density at radius 2 is 1.94 bits per heavy atom. The van der Waals surface area contributed by atoms with Crippen molar-refractivity contribution in [2.45, 2.75) is 38.3 Å². The van der Waals surface area contributed by atoms with E-state index in [4.69, 9.17) is 14.2 Å². The summed E-state index contributed by atoms with van der Waals surface area (Å²) in [5, 5.41) is 0. The van der Waals surface area contributed by atoms with Crippen molar-refractivity contribution in [3.05, 3.63) is 35.9 Å². The van der Waals surface area contributed by atoms with Gasteiger partial charge in [0.2, 0.25) is 0 Å². The summed E-state index contributed by atoms with van der Waals surface area (Å²) in [6, 6.07) is 9.78. The summed E-state index contributed by atoms with van der Waals surface area (Å²) in [5.74, 6) is -0.971. The molecule has 0 amide bonds. The van der Waals surface area contributed by atoms with Gasteiger partial charge >= 0.3 is 5.97 Å². The lowest BCUT2D eigenvalue weighted by molar-refractivity contribution is -0.154. The van der Waals surface area contributed by atoms with Gasteiger partial charge in [0.1, 0.15) is 12.2 Å². The molecular formula is C14H18O4. The van der Waals surface area contributed by atoms with E-state index in [0.29, 0.717) is 0 Å². The largest absolute Gasteiger partial charge is 0.469 e. The Morgan fingerprint density at radius 1 is 1.28 bits per heavy atom. The average Bonchev–Trinajstić information content (AvgIpc) is 2.65. The van der Waals surface area contributed by atoms with Gasteiger partial charge in [-0.05, 0) is 19.4 Å². The molecule has 0 spiro atoms. The molecule has 1 aromatic carbocycles. The predicted molar refractivity (Wildman–Crippen MR) is 65.9 cm³/mol. The van der Waals surface area contributed by atoms with E-state index < -0.39 is 5.79 Å². The van der Waals surface area contributed by atoms with Crippen molar-refractivity contribution in [3.8, 4) is 0 Å². The number of benzene rings is 1. The molecule has 0 saturated carbocycles. The van der Waals surface area contributed by atoms with Gasteiger partial charge in [0.05, 0.1) is 13.5 Å². The Labute approximate surface area is 107 Å². The molecule has 1 fully saturated rings. The molecule has 2 rings (SSSR count). The van der Waals surface area contributed by atoms with Crippen LogP contribution in [0.15, 0.2) is 30.3 Å². The molecule has 0 aromatic heterocycles. The van der Waals surface area contributed by atoms with Gasteiger partial charge in [-0.1, -0.05) is 30.3 Å². The third-order valence-corrected chi connectivity index (χ3v) is 2.91. The van der Waals surface area contributed by atoms with E-state index in [1.165, 1.54) is 7.11 Å². The van der Waals surface area contributed by atoms with E-state index in [2.05, 4.69) is 0 Å². The fourth-order valence-electron chi connectivity index (χ4n) is 2.16. The molecule has 18 heavy (non-hydrogen) atoms. The zero-order chi connectivity index (χ0) is 13.2. The second-order valence-corrected chi connectivity index (χ2v) is 4.79. The van der Waals surface area contributed by atoms with Crippen molar-refractivity contribution in [3.63, 3.8) is 0 Å². The first-order valence-electron chi connectivity index (χ1n) is 5.99. The highest BCUT2D eigenvalue weighted by molar-refractivity contribution is 5.70. The molecule has 2 atom stereocenters. The fourth-order valence-corrected chi connectivity index (χ4v) is 2.16. The van der Waals surface area contributed by atoms with Gasteiger partial charge in [0, 0.05) is 0 Å². The van der Waals surface area contributed by atoms with Crippen LogP contribution in [0.5, 0.6) is 0 Å². The van der Waals surface area contributed by atoms with Crippen LogP contribution in [0.25, 0.3) is 0 Å². The molecule has 0 N–H and O–H groups in total. The maximum Gasteiger partial charge on any atom is 0.308 e. The number of carbonyl (C=O) groups is 1. The van der Waals surface area contributed by atoms with E-state index in [1.807, 2.05) is 44.2 Å². The van der Waals surface area contributed by atoms with Crippen molar-refractivity contribution in [2.75, 3.05) is 7.11 Å². The van der Waals surface area contributed by atoms with Crippen LogP contribution in [-0.4, -0.2) is 25.0 Å². The highest BCUT2D eigenvalue weighted by Gasteiger charge is 2.42. The van der Waals surface area contributed by atoms with E-state index in [9.17, 15) is 4.79 Å². The minimum Gasteiger partial charge on any atom is -0.469 e. The third kappa shape index (κ3) is 2.89. The highest BCUT2D eigenvalue weighted by atomic mass is 16.8. The molecule has 4 heteroatoms. The molecular weight excluding hydrogens is 232 g/mol. The Balaban J connectivity index is 2.18. The molecule has 0 aliphatic carbocycles. The van der Waals surface area contributed by atoms with Gasteiger partial charge < -0.3 is 14.2 Å². The summed E-state index contributed by atoms with van der Waals surface area (Å²) in [7, 11) is 1.38. The van der Waals surface area contributed by atoms with Crippen molar-refractivity contribution in [1.29, 1.82) is 0 Å². The smallest absolute Gasteiger partial charge is 0.308 e. The summed E-state index contributed by atoms with van der Waals surface area (Å²) in [4.78, 5) is 11.4. The highest BCUT2D eigenvalue weighted by Crippen LogP contribution is 2.39. The third-order valence-electron chi connectivity index (χ3n) is 2.91. The Bertz CT molecular complexity index is 413. The zero-order valence-electron chi connectivity index (χ0n) is 10.9. The van der Waals surface area contributed by atoms with Gasteiger partial charge in [0.25, 0.3) is 0 Å². The van der Waals surface area contributed by atoms with Gasteiger partial charge in [-0.25, -0.2) is 0 Å². The van der Waals surface area contributed by atoms with Crippen LogP contribution in [0.4, 0.5) is 0 Å². The fraction of sp³-hybridized carbons (Fsp3) is 0.500. The Kier molecular flexibility index (Phi) is 3.68. The first-order valence-corrected chi connectivity index (χ1v) is 5.99. The average molecular weight is 250 g/mol. The van der Waals surface area contributed by atoms with Crippen LogP contribution in [-0.2, 0) is 19.0 Å². The topological polar surface area (TPSA) is 44.8 Å². The van der Waals surface area contributed by atoms with Gasteiger partial charge in [-0.3, -0.25) is 4.79 Å². The molecule has 98 valence electrons. The minimum atomic E-state index is -0.681. The quantitative estimate of drug-likeness (QED) is 0.773. The van der Waals surface area contributed by atoms with E-state index >= 15 is 0 Å². The van der Waals surface area contributed by atoms with Crippen LogP contribution in [0.2, 0.25) is 0 Å². The SMILES string of the molecule is COC(=O)C[C@@H]1OC(C)(C)OC1c1ccccc1. The van der Waals surface area contributed by atoms with E-state index in [-0.39, 0.29) is 24.6 Å². The summed E-state index contributed by atoms with van der Waals surface area (Å²) in [5.41, 5.74) is 1.01. The summed E-state index contributed by atoms with van der Waals surface area (Å²) in [6.07, 6.45) is -0.352. The molecule has 1 aliphatic heterocycles. The van der Waals surface area contributed by atoms with Crippen LogP contribution in [0.1, 0.15) is 31.9 Å². The number of hydrogen-bond donors (Lipinski definition) is 0. The lowest BCUT2D eigenvalue weighted by Crippen LogP contribution is -2.23. The summed E-state index contributed by atoms with van der Waals surface area (Å²) >= 11 is 0. The molecule has 4 nitrogen and oxygen atoms in total. The van der Waals surface area contributed by atoms with Crippen LogP contribution in [0, 0.1) is 0 Å². The molecule has 1 aliphatic rings. The lowest BCUT2D eigenvalue weighted by atomic mass is 10.0. The van der Waals surface area contributed by atoms with E-state index in [1.54, 1.807) is 0 Å². The number of rotatable bonds is 3. The van der Waals surface area contributed by atoms with Crippen LogP contribution < -0.4 is 0 Å². The van der Waals surface area contributed by atoms with Crippen LogP contribution in [0.3, 0.4) is 0 Å². The molecule has 0 bridgehead atoms. The Hall–Kier alpha value is -1.39. The molecule has 1 saturated heterocycles. The second kappa shape index (κ2) is 5.08. The number of esters is 1. The summed E-state index contributed by atoms with van der Waals surface area (Å²) in [6.45, 7) is 3.69. The Morgan fingerprint density at radius 3 is 2.56 bits per heavy atom. The van der Waals surface area contributed by atoms with Gasteiger partial charge in [0.15, 0.2) is 5.79 Å². The first-order chi connectivity index (χ1) is 8.52. The number of ether oxygens (including phenoxy) is 3. The van der Waals surface area contributed by atoms with Crippen LogP contribution >= 0.6 is 0 Å². The lowest BCUT2D eigenvalue weighted by Gasteiger charge is -2.16. The number of hydrogen-bond acceptors (Lipinski definition) is 4. The van der Waals surface area contributed by atoms with Crippen molar-refractivity contribution in [1.82, 2.24) is 0 Å². The second-order valence-electron chi connectivity index (χ2n) is 4.79. The normalized spacial score (nSPS) is 25.9. The maximum absolute atomic E-state index is 11.4. The monoisotopic (exact) mass is 250 g/mol. The standard InChI is InChI=1S/C14H18O4/c1-14(2)17-11(9-12(15)16-3)13(18-14)10-7-5-4-6-8-10/h4-8,11,13H,9H2,1-3H3/t11-,13?/m0/s1.